The molecule has 4 aromatic rings. The largest absolute Gasteiger partial charge is 0.497 e. The van der Waals surface area contributed by atoms with E-state index in [1.165, 1.54) is 12.1 Å². The Morgan fingerprint density at radius 2 is 1.71 bits per heavy atom. The molecular weight excluding hydrogens is 439 g/mol. The maximum atomic E-state index is 13.5. The van der Waals surface area contributed by atoms with Gasteiger partial charge in [0.1, 0.15) is 5.75 Å². The zero-order chi connectivity index (χ0) is 23.7. The van der Waals surface area contributed by atoms with Gasteiger partial charge >= 0.3 is 6.18 Å². The Bertz CT molecular complexity index is 1330. The minimum atomic E-state index is -4.41. The van der Waals surface area contributed by atoms with Crippen molar-refractivity contribution in [1.82, 2.24) is 15.3 Å². The Kier molecular flexibility index (Phi) is 5.96. The van der Waals surface area contributed by atoms with Gasteiger partial charge in [0, 0.05) is 28.8 Å². The first-order valence-electron chi connectivity index (χ1n) is 11.3. The van der Waals surface area contributed by atoms with Gasteiger partial charge in [-0.05, 0) is 73.5 Å². The van der Waals surface area contributed by atoms with Gasteiger partial charge in [-0.15, -0.1) is 0 Å². The smallest absolute Gasteiger partial charge is 0.416 e. The maximum Gasteiger partial charge on any atom is 0.416 e. The van der Waals surface area contributed by atoms with Crippen molar-refractivity contribution in [3.63, 3.8) is 0 Å². The molecular formula is C27H24F3N3O. The number of hydrogen-bond donors (Lipinski definition) is 1. The number of methoxy groups -OCH3 is 1. The number of halogens is 3. The molecule has 0 bridgehead atoms. The maximum absolute atomic E-state index is 13.5. The van der Waals surface area contributed by atoms with Crippen LogP contribution in [0.2, 0.25) is 0 Å². The zero-order valence-electron chi connectivity index (χ0n) is 18.7. The molecule has 0 radical (unpaired) electrons. The van der Waals surface area contributed by atoms with E-state index in [9.17, 15) is 13.2 Å². The number of ether oxygens (including phenoxy) is 1. The average Bonchev–Trinajstić information content (AvgIpc) is 2.88. The van der Waals surface area contributed by atoms with E-state index in [1.54, 1.807) is 19.4 Å². The van der Waals surface area contributed by atoms with Gasteiger partial charge in [-0.25, -0.2) is 0 Å². The second-order valence-electron chi connectivity index (χ2n) is 8.49. The quantitative estimate of drug-likeness (QED) is 0.377. The van der Waals surface area contributed by atoms with Crippen molar-refractivity contribution in [2.75, 3.05) is 20.2 Å². The van der Waals surface area contributed by atoms with E-state index in [4.69, 9.17) is 9.72 Å². The van der Waals surface area contributed by atoms with E-state index in [0.717, 1.165) is 54.2 Å². The molecule has 0 saturated carbocycles. The van der Waals surface area contributed by atoms with Gasteiger partial charge in [0.15, 0.2) is 0 Å². The lowest BCUT2D eigenvalue weighted by atomic mass is 9.90. The molecule has 3 heterocycles. The molecule has 2 aromatic carbocycles. The Morgan fingerprint density at radius 3 is 2.47 bits per heavy atom. The van der Waals surface area contributed by atoms with E-state index < -0.39 is 11.7 Å². The molecule has 1 saturated heterocycles. The first-order valence-corrected chi connectivity index (χ1v) is 11.3. The number of hydrogen-bond acceptors (Lipinski definition) is 4. The SMILES string of the molecule is COc1cccc(-c2nccc3c(-c4cccc(C(F)(F)F)c4)cc(C4CCNCC4)nc23)c1. The van der Waals surface area contributed by atoms with E-state index in [0.29, 0.717) is 22.5 Å². The van der Waals surface area contributed by atoms with Crippen molar-refractivity contribution in [1.29, 1.82) is 0 Å². The van der Waals surface area contributed by atoms with E-state index >= 15 is 0 Å². The first-order chi connectivity index (χ1) is 16.4. The van der Waals surface area contributed by atoms with Crippen LogP contribution in [0.3, 0.4) is 0 Å². The summed E-state index contributed by atoms with van der Waals surface area (Å²) in [6.07, 6.45) is -0.880. The lowest BCUT2D eigenvalue weighted by molar-refractivity contribution is -0.137. The predicted molar refractivity (Wildman–Crippen MR) is 127 cm³/mol. The predicted octanol–water partition coefficient (Wildman–Crippen LogP) is 6.46. The summed E-state index contributed by atoms with van der Waals surface area (Å²) in [5.41, 5.74) is 3.67. The molecule has 1 N–H and O–H groups in total. The van der Waals surface area contributed by atoms with E-state index in [-0.39, 0.29) is 5.92 Å². The second kappa shape index (κ2) is 9.06. The van der Waals surface area contributed by atoms with Crippen LogP contribution >= 0.6 is 0 Å². The third kappa shape index (κ3) is 4.35. The van der Waals surface area contributed by atoms with Crippen molar-refractivity contribution in [3.05, 3.63) is 78.1 Å². The lowest BCUT2D eigenvalue weighted by Gasteiger charge is -2.23. The van der Waals surface area contributed by atoms with Crippen LogP contribution in [-0.4, -0.2) is 30.2 Å². The molecule has 2 aromatic heterocycles. The molecule has 1 aliphatic rings. The fourth-order valence-corrected chi connectivity index (χ4v) is 4.58. The van der Waals surface area contributed by atoms with Crippen LogP contribution in [0, 0.1) is 0 Å². The van der Waals surface area contributed by atoms with Crippen LogP contribution in [0.4, 0.5) is 13.2 Å². The fraction of sp³-hybridized carbons (Fsp3) is 0.259. The normalized spacial score (nSPS) is 14.9. The Labute approximate surface area is 195 Å². The van der Waals surface area contributed by atoms with Crippen molar-refractivity contribution >= 4 is 10.9 Å². The molecule has 174 valence electrons. The summed E-state index contributed by atoms with van der Waals surface area (Å²) in [5.74, 6) is 0.928. The van der Waals surface area contributed by atoms with Gasteiger partial charge in [-0.3, -0.25) is 9.97 Å². The van der Waals surface area contributed by atoms with Crippen molar-refractivity contribution in [2.45, 2.75) is 24.9 Å². The number of aromatic nitrogens is 2. The zero-order valence-corrected chi connectivity index (χ0v) is 18.7. The van der Waals surface area contributed by atoms with Crippen LogP contribution in [-0.2, 0) is 6.18 Å². The molecule has 1 aliphatic heterocycles. The summed E-state index contributed by atoms with van der Waals surface area (Å²) in [6.45, 7) is 1.78. The van der Waals surface area contributed by atoms with Crippen molar-refractivity contribution in [2.24, 2.45) is 0 Å². The van der Waals surface area contributed by atoms with Crippen LogP contribution in [0.5, 0.6) is 5.75 Å². The van der Waals surface area contributed by atoms with Gasteiger partial charge in [0.2, 0.25) is 0 Å². The molecule has 0 atom stereocenters. The highest BCUT2D eigenvalue weighted by Crippen LogP contribution is 2.38. The highest BCUT2D eigenvalue weighted by Gasteiger charge is 2.31. The number of pyridine rings is 2. The summed E-state index contributed by atoms with van der Waals surface area (Å²) >= 11 is 0. The third-order valence-electron chi connectivity index (χ3n) is 6.35. The Balaban J connectivity index is 1.76. The molecule has 0 spiro atoms. The number of nitrogens with one attached hydrogen (secondary N) is 1. The minimum Gasteiger partial charge on any atom is -0.497 e. The number of benzene rings is 2. The van der Waals surface area contributed by atoms with Gasteiger partial charge in [-0.2, -0.15) is 13.2 Å². The van der Waals surface area contributed by atoms with Crippen molar-refractivity contribution < 1.29 is 17.9 Å². The molecule has 7 heteroatoms. The Morgan fingerprint density at radius 1 is 0.941 bits per heavy atom. The van der Waals surface area contributed by atoms with E-state index in [2.05, 4.69) is 10.3 Å². The van der Waals surface area contributed by atoms with Crippen molar-refractivity contribution in [3.8, 4) is 28.1 Å². The van der Waals surface area contributed by atoms with Crippen LogP contribution in [0.25, 0.3) is 33.3 Å². The molecule has 0 unspecified atom stereocenters. The lowest BCUT2D eigenvalue weighted by Crippen LogP contribution is -2.27. The summed E-state index contributed by atoms with van der Waals surface area (Å²) in [4.78, 5) is 9.65. The van der Waals surface area contributed by atoms with Crippen LogP contribution < -0.4 is 10.1 Å². The summed E-state index contributed by atoms with van der Waals surface area (Å²) in [5, 5.41) is 4.13. The number of piperidine rings is 1. The van der Waals surface area contributed by atoms with E-state index in [1.807, 2.05) is 36.4 Å². The number of alkyl halides is 3. The van der Waals surface area contributed by atoms with Gasteiger partial charge in [0.25, 0.3) is 0 Å². The fourth-order valence-electron chi connectivity index (χ4n) is 4.58. The second-order valence-corrected chi connectivity index (χ2v) is 8.49. The molecule has 1 fully saturated rings. The highest BCUT2D eigenvalue weighted by atomic mass is 19.4. The Hall–Kier alpha value is -3.45. The molecule has 0 aliphatic carbocycles. The summed E-state index contributed by atoms with van der Waals surface area (Å²) < 4.78 is 45.8. The minimum absolute atomic E-state index is 0.230. The van der Waals surface area contributed by atoms with Gasteiger partial charge in [0.05, 0.1) is 23.9 Å². The molecule has 4 nitrogen and oxygen atoms in total. The standard InChI is InChI=1S/C27H24F3N3O/c1-34-21-7-3-5-19(15-21)25-26-22(10-13-32-25)23(16-24(33-26)17-8-11-31-12-9-17)18-4-2-6-20(14-18)27(28,29)30/h2-7,10,13-17,31H,8-9,11-12H2,1H3. The van der Waals surface area contributed by atoms with Crippen LogP contribution in [0.1, 0.15) is 30.0 Å². The molecule has 5 rings (SSSR count). The number of nitrogens with zero attached hydrogens (tertiary/aromatic N) is 2. The number of fused-ring (bicyclic) bond motifs is 1. The molecule has 0 amide bonds. The molecule has 34 heavy (non-hydrogen) atoms. The average molecular weight is 464 g/mol. The number of rotatable bonds is 4. The first kappa shape index (κ1) is 22.3. The van der Waals surface area contributed by atoms with Gasteiger partial charge in [-0.1, -0.05) is 24.3 Å². The summed E-state index contributed by atoms with van der Waals surface area (Å²) in [6, 6.07) is 16.9. The monoisotopic (exact) mass is 463 g/mol. The third-order valence-corrected chi connectivity index (χ3v) is 6.35. The van der Waals surface area contributed by atoms with Crippen LogP contribution in [0.15, 0.2) is 66.9 Å². The van der Waals surface area contributed by atoms with Gasteiger partial charge < -0.3 is 10.1 Å². The summed E-state index contributed by atoms with van der Waals surface area (Å²) in [7, 11) is 1.61. The topological polar surface area (TPSA) is 47.0 Å². The highest BCUT2D eigenvalue weighted by molar-refractivity contribution is 6.01.